The van der Waals surface area contributed by atoms with Crippen LogP contribution in [0.2, 0.25) is 0 Å². The molecule has 0 radical (unpaired) electrons. The van der Waals surface area contributed by atoms with Crippen LogP contribution in [-0.4, -0.2) is 11.1 Å². The number of carboxylic acids is 1. The predicted octanol–water partition coefficient (Wildman–Crippen LogP) is 4.29. The highest BCUT2D eigenvalue weighted by molar-refractivity contribution is 5.70. The Hall–Kier alpha value is -1.38. The lowest BCUT2D eigenvalue weighted by atomic mass is 9.72. The number of hydrogen-bond acceptors (Lipinski definition) is 1. The van der Waals surface area contributed by atoms with Crippen LogP contribution in [-0.2, 0) is 11.2 Å². The third kappa shape index (κ3) is 3.81. The van der Waals surface area contributed by atoms with Crippen LogP contribution >= 0.6 is 0 Å². The maximum absolute atomic E-state index is 12.9. The zero-order valence-corrected chi connectivity index (χ0v) is 12.0. The second kappa shape index (κ2) is 6.87. The third-order valence-corrected chi connectivity index (χ3v) is 4.66. The van der Waals surface area contributed by atoms with Gasteiger partial charge in [0.1, 0.15) is 5.82 Å². The van der Waals surface area contributed by atoms with Gasteiger partial charge in [-0.05, 0) is 48.8 Å². The third-order valence-electron chi connectivity index (χ3n) is 4.66. The summed E-state index contributed by atoms with van der Waals surface area (Å²) in [6, 6.07) is 6.21. The number of hydrogen-bond donors (Lipinski definition) is 1. The molecular formula is C17H23FO2. The molecule has 1 aromatic carbocycles. The smallest absolute Gasteiger partial charge is 0.307 e. The molecule has 0 aliphatic heterocycles. The molecule has 2 nitrogen and oxygen atoms in total. The van der Waals surface area contributed by atoms with E-state index in [0.717, 1.165) is 31.2 Å². The fourth-order valence-corrected chi connectivity index (χ4v) is 3.40. The van der Waals surface area contributed by atoms with Gasteiger partial charge in [0.25, 0.3) is 0 Å². The first kappa shape index (κ1) is 15.0. The zero-order valence-electron chi connectivity index (χ0n) is 12.0. The van der Waals surface area contributed by atoms with Crippen LogP contribution in [0.4, 0.5) is 4.39 Å². The Morgan fingerprint density at radius 1 is 1.35 bits per heavy atom. The van der Waals surface area contributed by atoms with Gasteiger partial charge in [0.05, 0.1) is 5.92 Å². The second-order valence-corrected chi connectivity index (χ2v) is 5.98. The van der Waals surface area contributed by atoms with E-state index in [1.165, 1.54) is 18.6 Å². The molecule has 2 rings (SSSR count). The molecular weight excluding hydrogens is 255 g/mol. The lowest BCUT2D eigenvalue weighted by Gasteiger charge is -2.32. The van der Waals surface area contributed by atoms with Crippen LogP contribution in [0, 0.1) is 23.6 Å². The predicted molar refractivity (Wildman–Crippen MR) is 77.0 cm³/mol. The lowest BCUT2D eigenvalue weighted by Crippen LogP contribution is -2.30. The number of carbonyl (C=O) groups is 1. The summed E-state index contributed by atoms with van der Waals surface area (Å²) in [6.07, 6.45) is 6.05. The molecule has 0 heterocycles. The molecule has 0 bridgehead atoms. The summed E-state index contributed by atoms with van der Waals surface area (Å²) in [4.78, 5) is 11.6. The molecule has 1 fully saturated rings. The Morgan fingerprint density at radius 2 is 2.05 bits per heavy atom. The monoisotopic (exact) mass is 278 g/mol. The molecule has 3 heteroatoms. The lowest BCUT2D eigenvalue weighted by molar-refractivity contribution is -0.144. The summed E-state index contributed by atoms with van der Waals surface area (Å²) in [5, 5.41) is 9.53. The largest absolute Gasteiger partial charge is 0.481 e. The highest BCUT2D eigenvalue weighted by Gasteiger charge is 2.32. The van der Waals surface area contributed by atoms with Crippen molar-refractivity contribution in [3.05, 3.63) is 35.6 Å². The number of benzene rings is 1. The van der Waals surface area contributed by atoms with Crippen molar-refractivity contribution in [1.82, 2.24) is 0 Å². The Morgan fingerprint density at radius 3 is 2.65 bits per heavy atom. The molecule has 0 aromatic heterocycles. The molecule has 1 N–H and O–H groups in total. The van der Waals surface area contributed by atoms with E-state index >= 15 is 0 Å². The number of rotatable bonds is 5. The number of carboxylic acid groups (broad SMARTS) is 1. The molecule has 1 aliphatic rings. The molecule has 0 saturated heterocycles. The SMILES string of the molecule is CCC1CCCC(C(Cc2ccc(F)cc2)C(=O)O)C1. The highest BCUT2D eigenvalue weighted by atomic mass is 19.1. The standard InChI is InChI=1S/C17H23FO2/c1-2-12-4-3-5-14(10-12)16(17(19)20)11-13-6-8-15(18)9-7-13/h6-9,12,14,16H,2-5,10-11H2,1H3,(H,19,20). The topological polar surface area (TPSA) is 37.3 Å². The van der Waals surface area contributed by atoms with Gasteiger partial charge in [0, 0.05) is 0 Å². The van der Waals surface area contributed by atoms with Crippen molar-refractivity contribution in [2.24, 2.45) is 17.8 Å². The zero-order chi connectivity index (χ0) is 14.5. The van der Waals surface area contributed by atoms with E-state index in [-0.39, 0.29) is 17.7 Å². The average molecular weight is 278 g/mol. The van der Waals surface area contributed by atoms with Gasteiger partial charge in [0.2, 0.25) is 0 Å². The van der Waals surface area contributed by atoms with Crippen LogP contribution in [0.1, 0.15) is 44.6 Å². The van der Waals surface area contributed by atoms with Gasteiger partial charge >= 0.3 is 5.97 Å². The van der Waals surface area contributed by atoms with Crippen LogP contribution < -0.4 is 0 Å². The summed E-state index contributed by atoms with van der Waals surface area (Å²) >= 11 is 0. The minimum Gasteiger partial charge on any atom is -0.481 e. The normalized spacial score (nSPS) is 24.3. The van der Waals surface area contributed by atoms with Crippen molar-refractivity contribution in [3.63, 3.8) is 0 Å². The van der Waals surface area contributed by atoms with E-state index in [2.05, 4.69) is 6.92 Å². The molecule has 3 unspecified atom stereocenters. The van der Waals surface area contributed by atoms with E-state index in [1.54, 1.807) is 12.1 Å². The Labute approximate surface area is 120 Å². The number of aliphatic carboxylic acids is 1. The van der Waals surface area contributed by atoms with Crippen molar-refractivity contribution in [3.8, 4) is 0 Å². The van der Waals surface area contributed by atoms with Crippen molar-refractivity contribution in [2.45, 2.75) is 45.4 Å². The van der Waals surface area contributed by atoms with Gasteiger partial charge in [-0.15, -0.1) is 0 Å². The van der Waals surface area contributed by atoms with Gasteiger partial charge in [-0.1, -0.05) is 38.3 Å². The van der Waals surface area contributed by atoms with E-state index in [0.29, 0.717) is 12.3 Å². The molecule has 1 aromatic rings. The van der Waals surface area contributed by atoms with E-state index < -0.39 is 5.97 Å². The minimum absolute atomic E-state index is 0.260. The fraction of sp³-hybridized carbons (Fsp3) is 0.588. The van der Waals surface area contributed by atoms with Gasteiger partial charge in [-0.25, -0.2) is 4.39 Å². The second-order valence-electron chi connectivity index (χ2n) is 5.98. The van der Waals surface area contributed by atoms with Crippen LogP contribution in [0.5, 0.6) is 0 Å². The summed E-state index contributed by atoms with van der Waals surface area (Å²) in [5.41, 5.74) is 0.914. The van der Waals surface area contributed by atoms with Crippen LogP contribution in [0.3, 0.4) is 0 Å². The first-order chi connectivity index (χ1) is 9.60. The Bertz CT molecular complexity index is 441. The van der Waals surface area contributed by atoms with Gasteiger partial charge in [-0.2, -0.15) is 0 Å². The summed E-state index contributed by atoms with van der Waals surface area (Å²) < 4.78 is 12.9. The Balaban J connectivity index is 2.06. The molecule has 110 valence electrons. The molecule has 20 heavy (non-hydrogen) atoms. The van der Waals surface area contributed by atoms with Crippen LogP contribution in [0.25, 0.3) is 0 Å². The van der Waals surface area contributed by atoms with Crippen LogP contribution in [0.15, 0.2) is 24.3 Å². The van der Waals surface area contributed by atoms with Crippen molar-refractivity contribution < 1.29 is 14.3 Å². The van der Waals surface area contributed by atoms with E-state index in [4.69, 9.17) is 0 Å². The summed E-state index contributed by atoms with van der Waals surface area (Å²) in [7, 11) is 0. The first-order valence-corrected chi connectivity index (χ1v) is 7.57. The van der Waals surface area contributed by atoms with E-state index in [9.17, 15) is 14.3 Å². The Kier molecular flexibility index (Phi) is 5.16. The highest BCUT2D eigenvalue weighted by Crippen LogP contribution is 2.36. The molecule has 3 atom stereocenters. The van der Waals surface area contributed by atoms with E-state index in [1.807, 2.05) is 0 Å². The van der Waals surface area contributed by atoms with Gasteiger partial charge in [0.15, 0.2) is 0 Å². The summed E-state index contributed by atoms with van der Waals surface area (Å²) in [6.45, 7) is 2.18. The number of halogens is 1. The molecule has 1 saturated carbocycles. The van der Waals surface area contributed by atoms with Crippen molar-refractivity contribution >= 4 is 5.97 Å². The first-order valence-electron chi connectivity index (χ1n) is 7.57. The maximum Gasteiger partial charge on any atom is 0.307 e. The summed E-state index contributed by atoms with van der Waals surface area (Å²) in [5.74, 6) is -0.393. The van der Waals surface area contributed by atoms with Gasteiger partial charge < -0.3 is 5.11 Å². The quantitative estimate of drug-likeness (QED) is 0.872. The van der Waals surface area contributed by atoms with Crippen molar-refractivity contribution in [1.29, 1.82) is 0 Å². The molecule has 0 amide bonds. The average Bonchev–Trinajstić information content (AvgIpc) is 2.46. The maximum atomic E-state index is 12.9. The van der Waals surface area contributed by atoms with Gasteiger partial charge in [-0.3, -0.25) is 4.79 Å². The minimum atomic E-state index is -0.712. The molecule has 1 aliphatic carbocycles. The van der Waals surface area contributed by atoms with Crippen molar-refractivity contribution in [2.75, 3.05) is 0 Å². The molecule has 0 spiro atoms. The fourth-order valence-electron chi connectivity index (χ4n) is 3.40.